The minimum Gasteiger partial charge on any atom is -0.462 e. The third-order valence-corrected chi connectivity index (χ3v) is 12.8. The quantitative estimate of drug-likeness (QED) is 0.386. The maximum atomic E-state index is 12.1. The van der Waals surface area contributed by atoms with Crippen molar-refractivity contribution < 1.29 is 24.1 Å². The lowest BCUT2D eigenvalue weighted by molar-refractivity contribution is -0.209. The molecule has 6 fully saturated rings. The number of fused-ring (bicyclic) bond motifs is 2. The van der Waals surface area contributed by atoms with E-state index in [1.807, 2.05) is 0 Å². The average molecular weight is 489 g/mol. The molecule has 0 radical (unpaired) electrons. The number of carbonyl (C=O) groups excluding carboxylic acids is 1. The zero-order valence-corrected chi connectivity index (χ0v) is 23.1. The Kier molecular flexibility index (Phi) is 5.27. The molecule has 2 saturated heterocycles. The van der Waals surface area contributed by atoms with Crippen LogP contribution in [0.3, 0.4) is 0 Å². The van der Waals surface area contributed by atoms with Gasteiger partial charge in [-0.3, -0.25) is 4.79 Å². The Balaban J connectivity index is 1.26. The minimum atomic E-state index is -0.906. The van der Waals surface area contributed by atoms with E-state index in [1.54, 1.807) is 0 Å². The molecule has 12 atom stereocenters. The number of esters is 1. The second-order valence-corrected chi connectivity index (χ2v) is 14.5. The van der Waals surface area contributed by atoms with Gasteiger partial charge in [0.2, 0.25) is 0 Å². The van der Waals surface area contributed by atoms with Gasteiger partial charge in [-0.05, 0) is 67.1 Å². The van der Waals surface area contributed by atoms with Gasteiger partial charge in [-0.2, -0.15) is 0 Å². The normalized spacial score (nSPS) is 55.1. The van der Waals surface area contributed by atoms with E-state index in [4.69, 9.17) is 14.2 Å². The molecule has 4 saturated carbocycles. The van der Waals surface area contributed by atoms with Crippen LogP contribution in [-0.4, -0.2) is 46.2 Å². The van der Waals surface area contributed by atoms with E-state index >= 15 is 0 Å². The summed E-state index contributed by atoms with van der Waals surface area (Å²) < 4.78 is 19.2. The van der Waals surface area contributed by atoms with Crippen LogP contribution in [0, 0.1) is 40.4 Å². The molecular formula is C30H48O5. The number of rotatable bonds is 6. The van der Waals surface area contributed by atoms with Crippen molar-refractivity contribution in [1.82, 2.24) is 0 Å². The molecule has 0 aromatic heterocycles. The molecule has 2 aliphatic heterocycles. The lowest BCUT2D eigenvalue weighted by Gasteiger charge is -2.60. The lowest BCUT2D eigenvalue weighted by Crippen LogP contribution is -2.72. The van der Waals surface area contributed by atoms with Crippen LogP contribution in [0.25, 0.3) is 0 Å². The maximum absolute atomic E-state index is 12.1. The molecule has 5 heteroatoms. The van der Waals surface area contributed by atoms with Gasteiger partial charge in [0.15, 0.2) is 0 Å². The van der Waals surface area contributed by atoms with Crippen LogP contribution < -0.4 is 0 Å². The average Bonchev–Trinajstić information content (AvgIpc) is 3.63. The fourth-order valence-corrected chi connectivity index (χ4v) is 10.4. The molecule has 0 aromatic carbocycles. The van der Waals surface area contributed by atoms with Gasteiger partial charge in [0, 0.05) is 25.2 Å². The van der Waals surface area contributed by atoms with Gasteiger partial charge in [-0.15, -0.1) is 0 Å². The Bertz CT molecular complexity index is 903. The lowest BCUT2D eigenvalue weighted by atomic mass is 9.42. The van der Waals surface area contributed by atoms with E-state index in [-0.39, 0.29) is 46.3 Å². The SMILES string of the molecule is CC(=O)O[C@@H]1CC[C@@]2(C)[C@](O)(C1)C[C@@H]1O[C@]13[C@H]1CC[C@@H]([C@H](C)CC[C@H](C)C(C)C)[C@@]1(C)C[C@H]1O[C@@]132. The monoisotopic (exact) mass is 488 g/mol. The van der Waals surface area contributed by atoms with Crippen molar-refractivity contribution in [3.8, 4) is 0 Å². The van der Waals surface area contributed by atoms with Gasteiger partial charge in [-0.1, -0.05) is 54.4 Å². The summed E-state index contributed by atoms with van der Waals surface area (Å²) in [5, 5.41) is 12.1. The molecule has 2 heterocycles. The summed E-state index contributed by atoms with van der Waals surface area (Å²) in [5.74, 6) is 3.24. The van der Waals surface area contributed by atoms with Gasteiger partial charge in [0.05, 0.1) is 17.8 Å². The summed E-state index contributed by atoms with van der Waals surface area (Å²) in [4.78, 5) is 11.6. The van der Waals surface area contributed by atoms with Crippen LogP contribution in [0.2, 0.25) is 0 Å². The van der Waals surface area contributed by atoms with Crippen molar-refractivity contribution in [2.45, 2.75) is 141 Å². The molecule has 1 N–H and O–H groups in total. The fraction of sp³-hybridized carbons (Fsp3) is 0.967. The number of hydrogen-bond donors (Lipinski definition) is 1. The molecule has 198 valence electrons. The molecule has 6 rings (SSSR count). The van der Waals surface area contributed by atoms with Crippen molar-refractivity contribution in [2.24, 2.45) is 40.4 Å². The van der Waals surface area contributed by atoms with Crippen LogP contribution in [0.15, 0.2) is 0 Å². The molecule has 0 amide bonds. The standard InChI is InChI=1S/C30H48O5/c1-17(2)18(3)8-9-19(4)22-10-11-23-26(22,6)15-25-30(35-25)27(7)13-12-21(33-20(5)31)14-28(27,32)16-24-29(23,30)34-24/h17-19,21-25,32H,8-16H2,1-7H3/t18-,19+,21+,22-,23-,24-,25+,26+,27-,28-,29+,30+/m0/s1. The Labute approximate surface area is 212 Å². The van der Waals surface area contributed by atoms with Crippen molar-refractivity contribution >= 4 is 5.97 Å². The predicted octanol–water partition coefficient (Wildman–Crippen LogP) is 5.66. The van der Waals surface area contributed by atoms with Crippen molar-refractivity contribution in [2.75, 3.05) is 0 Å². The number of aliphatic hydroxyl groups is 1. The van der Waals surface area contributed by atoms with Crippen LogP contribution in [0.1, 0.15) is 106 Å². The highest BCUT2D eigenvalue weighted by atomic mass is 16.7. The van der Waals surface area contributed by atoms with Gasteiger partial charge in [0.1, 0.15) is 17.3 Å². The maximum Gasteiger partial charge on any atom is 0.302 e. The Morgan fingerprint density at radius 1 is 1.00 bits per heavy atom. The minimum absolute atomic E-state index is 0.0706. The molecule has 0 bridgehead atoms. The second kappa shape index (κ2) is 7.47. The number of ether oxygens (including phenoxy) is 3. The highest BCUT2D eigenvalue weighted by molar-refractivity contribution is 5.66. The molecule has 0 aromatic rings. The zero-order valence-electron chi connectivity index (χ0n) is 23.1. The molecule has 4 aliphatic carbocycles. The summed E-state index contributed by atoms with van der Waals surface area (Å²) >= 11 is 0. The predicted molar refractivity (Wildman–Crippen MR) is 134 cm³/mol. The first kappa shape index (κ1) is 24.7. The summed E-state index contributed by atoms with van der Waals surface area (Å²) in [7, 11) is 0. The van der Waals surface area contributed by atoms with Crippen molar-refractivity contribution in [3.05, 3.63) is 0 Å². The van der Waals surface area contributed by atoms with Gasteiger partial charge in [-0.25, -0.2) is 0 Å². The Hall–Kier alpha value is -0.650. The highest BCUT2D eigenvalue weighted by Gasteiger charge is 2.96. The van der Waals surface area contributed by atoms with Crippen LogP contribution >= 0.6 is 0 Å². The molecule has 6 aliphatic rings. The first-order valence-corrected chi connectivity index (χ1v) is 14.6. The molecular weight excluding hydrogens is 440 g/mol. The molecule has 5 nitrogen and oxygen atoms in total. The number of epoxide rings is 2. The van der Waals surface area contributed by atoms with E-state index in [0.29, 0.717) is 18.8 Å². The van der Waals surface area contributed by atoms with Crippen molar-refractivity contribution in [1.29, 1.82) is 0 Å². The third-order valence-electron chi connectivity index (χ3n) is 12.8. The second-order valence-electron chi connectivity index (χ2n) is 14.5. The zero-order chi connectivity index (χ0) is 25.2. The first-order valence-electron chi connectivity index (χ1n) is 14.6. The topological polar surface area (TPSA) is 71.6 Å². The van der Waals surface area contributed by atoms with E-state index < -0.39 is 5.60 Å². The summed E-state index contributed by atoms with van der Waals surface area (Å²) in [5.41, 5.74) is -1.60. The highest BCUT2D eigenvalue weighted by Crippen LogP contribution is 2.84. The summed E-state index contributed by atoms with van der Waals surface area (Å²) in [6, 6.07) is 0. The molecule has 0 unspecified atom stereocenters. The van der Waals surface area contributed by atoms with Gasteiger partial charge in [0.25, 0.3) is 0 Å². The fourth-order valence-electron chi connectivity index (χ4n) is 10.4. The van der Waals surface area contributed by atoms with Crippen LogP contribution in [0.4, 0.5) is 0 Å². The number of hydrogen-bond acceptors (Lipinski definition) is 5. The Morgan fingerprint density at radius 3 is 2.43 bits per heavy atom. The van der Waals surface area contributed by atoms with Crippen molar-refractivity contribution in [3.63, 3.8) is 0 Å². The number of carbonyl (C=O) groups is 1. The van der Waals surface area contributed by atoms with E-state index in [1.165, 1.54) is 32.6 Å². The molecule has 35 heavy (non-hydrogen) atoms. The largest absolute Gasteiger partial charge is 0.462 e. The van der Waals surface area contributed by atoms with Gasteiger partial charge >= 0.3 is 5.97 Å². The van der Waals surface area contributed by atoms with Gasteiger partial charge < -0.3 is 19.3 Å². The van der Waals surface area contributed by atoms with E-state index in [0.717, 1.165) is 42.9 Å². The summed E-state index contributed by atoms with van der Waals surface area (Å²) in [6.45, 7) is 15.9. The third kappa shape index (κ3) is 2.95. The first-order chi connectivity index (χ1) is 16.3. The van der Waals surface area contributed by atoms with Crippen LogP contribution in [-0.2, 0) is 19.0 Å². The van der Waals surface area contributed by atoms with E-state index in [9.17, 15) is 9.90 Å². The molecule has 2 spiro atoms. The smallest absolute Gasteiger partial charge is 0.302 e. The Morgan fingerprint density at radius 2 is 1.74 bits per heavy atom. The van der Waals surface area contributed by atoms with Crippen LogP contribution in [0.5, 0.6) is 0 Å². The summed E-state index contributed by atoms with van der Waals surface area (Å²) in [6.07, 6.45) is 9.09. The van der Waals surface area contributed by atoms with E-state index in [2.05, 4.69) is 41.5 Å².